The quantitative estimate of drug-likeness (QED) is 0.214. The third-order valence-corrected chi connectivity index (χ3v) is 7.18. The Morgan fingerprint density at radius 3 is 2.08 bits per heavy atom. The predicted molar refractivity (Wildman–Crippen MR) is 156 cm³/mol. The van der Waals surface area contributed by atoms with Crippen LogP contribution in [0.15, 0.2) is 120 Å². The Morgan fingerprint density at radius 2 is 1.39 bits per heavy atom. The van der Waals surface area contributed by atoms with Crippen LogP contribution in [0.5, 0.6) is 0 Å². The van der Waals surface area contributed by atoms with Gasteiger partial charge in [-0.3, -0.25) is 4.79 Å². The van der Waals surface area contributed by atoms with Crippen molar-refractivity contribution in [3.8, 4) is 39.6 Å². The molecule has 4 nitrogen and oxygen atoms in total. The van der Waals surface area contributed by atoms with Crippen molar-refractivity contribution < 1.29 is 4.79 Å². The van der Waals surface area contributed by atoms with Crippen molar-refractivity contribution in [2.75, 3.05) is 11.1 Å². The zero-order valence-corrected chi connectivity index (χ0v) is 21.8. The van der Waals surface area contributed by atoms with Crippen LogP contribution >= 0.6 is 23.4 Å². The Balaban J connectivity index is 1.45. The van der Waals surface area contributed by atoms with E-state index < -0.39 is 0 Å². The highest BCUT2D eigenvalue weighted by molar-refractivity contribution is 8.00. The number of carbonyl (C=O) groups is 1. The van der Waals surface area contributed by atoms with Gasteiger partial charge in [0.2, 0.25) is 5.91 Å². The molecule has 1 aromatic heterocycles. The lowest BCUT2D eigenvalue weighted by Gasteiger charge is -2.14. The molecule has 0 atom stereocenters. The van der Waals surface area contributed by atoms with Gasteiger partial charge in [0.15, 0.2) is 0 Å². The van der Waals surface area contributed by atoms with Crippen LogP contribution in [0.3, 0.4) is 0 Å². The highest BCUT2D eigenvalue weighted by atomic mass is 35.5. The fraction of sp³-hybridized carbons (Fsp3) is 0.0312. The monoisotopic (exact) mass is 531 g/mol. The number of aromatic nitrogens is 1. The number of hydrogen-bond donors (Lipinski definition) is 1. The van der Waals surface area contributed by atoms with Gasteiger partial charge in [0.25, 0.3) is 0 Å². The van der Waals surface area contributed by atoms with Gasteiger partial charge in [-0.05, 0) is 35.4 Å². The van der Waals surface area contributed by atoms with Crippen LogP contribution in [0.2, 0.25) is 5.02 Å². The van der Waals surface area contributed by atoms with Crippen molar-refractivity contribution in [2.45, 2.75) is 5.03 Å². The molecule has 38 heavy (non-hydrogen) atoms. The Morgan fingerprint density at radius 1 is 0.789 bits per heavy atom. The number of thioether (sulfide) groups is 1. The first kappa shape index (κ1) is 25.3. The first-order valence-electron chi connectivity index (χ1n) is 12.0. The number of benzene rings is 4. The van der Waals surface area contributed by atoms with Gasteiger partial charge in [0.05, 0.1) is 17.0 Å². The fourth-order valence-electron chi connectivity index (χ4n) is 4.13. The summed E-state index contributed by atoms with van der Waals surface area (Å²) >= 11 is 7.36. The summed E-state index contributed by atoms with van der Waals surface area (Å²) in [5.74, 6) is -0.0782. The summed E-state index contributed by atoms with van der Waals surface area (Å²) in [5.41, 5.74) is 6.38. The lowest BCUT2D eigenvalue weighted by molar-refractivity contribution is -0.113. The number of nitriles is 1. The number of nitrogens with zero attached hydrogens (tertiary/aromatic N) is 2. The number of para-hydroxylation sites is 1. The summed E-state index contributed by atoms with van der Waals surface area (Å²) in [5, 5.41) is 14.3. The van der Waals surface area contributed by atoms with E-state index in [2.05, 4.69) is 11.4 Å². The maximum absolute atomic E-state index is 13.1. The lowest BCUT2D eigenvalue weighted by atomic mass is 9.99. The minimum absolute atomic E-state index is 0.100. The van der Waals surface area contributed by atoms with E-state index in [1.807, 2.05) is 103 Å². The Labute approximate surface area is 231 Å². The van der Waals surface area contributed by atoms with E-state index >= 15 is 0 Å². The zero-order valence-electron chi connectivity index (χ0n) is 20.3. The Hall–Kier alpha value is -4.37. The van der Waals surface area contributed by atoms with Crippen molar-refractivity contribution in [3.05, 3.63) is 126 Å². The van der Waals surface area contributed by atoms with Crippen molar-refractivity contribution in [2.24, 2.45) is 0 Å². The first-order valence-corrected chi connectivity index (χ1v) is 13.3. The Bertz CT molecular complexity index is 1620. The van der Waals surface area contributed by atoms with E-state index in [0.717, 1.165) is 39.2 Å². The normalized spacial score (nSPS) is 10.5. The van der Waals surface area contributed by atoms with Crippen molar-refractivity contribution in [1.29, 1.82) is 5.26 Å². The third kappa shape index (κ3) is 5.78. The van der Waals surface area contributed by atoms with Crippen molar-refractivity contribution >= 4 is 35.0 Å². The second-order valence-corrected chi connectivity index (χ2v) is 9.87. The van der Waals surface area contributed by atoms with Crippen molar-refractivity contribution in [3.63, 3.8) is 0 Å². The van der Waals surface area contributed by atoms with Gasteiger partial charge in [-0.15, -0.1) is 0 Å². The minimum atomic E-state index is -0.178. The van der Waals surface area contributed by atoms with Crippen LogP contribution in [0.4, 0.5) is 5.69 Å². The number of anilines is 1. The van der Waals surface area contributed by atoms with Crippen LogP contribution < -0.4 is 5.32 Å². The summed E-state index contributed by atoms with van der Waals surface area (Å²) in [6, 6.07) is 39.0. The molecule has 0 aliphatic rings. The van der Waals surface area contributed by atoms with Gasteiger partial charge in [-0.2, -0.15) is 5.26 Å². The molecule has 0 radical (unpaired) electrons. The molecule has 0 unspecified atom stereocenters. The van der Waals surface area contributed by atoms with Crippen LogP contribution in [-0.2, 0) is 4.79 Å². The number of carbonyl (C=O) groups excluding carboxylic acids is 1. The molecule has 1 N–H and O–H groups in total. The molecule has 6 heteroatoms. The fourth-order valence-corrected chi connectivity index (χ4v) is 5.06. The maximum atomic E-state index is 13.1. The van der Waals surface area contributed by atoms with E-state index in [0.29, 0.717) is 15.6 Å². The minimum Gasteiger partial charge on any atom is -0.325 e. The molecule has 0 saturated carbocycles. The number of amides is 1. The van der Waals surface area contributed by atoms with Crippen LogP contribution in [0.25, 0.3) is 33.5 Å². The smallest absolute Gasteiger partial charge is 0.234 e. The first-order chi connectivity index (χ1) is 18.6. The van der Waals surface area contributed by atoms with E-state index in [1.54, 1.807) is 12.1 Å². The molecule has 1 amide bonds. The maximum Gasteiger partial charge on any atom is 0.234 e. The second kappa shape index (κ2) is 11.8. The number of nitrogens with one attached hydrogen (secondary N) is 1. The second-order valence-electron chi connectivity index (χ2n) is 8.47. The lowest BCUT2D eigenvalue weighted by Crippen LogP contribution is -2.15. The van der Waals surface area contributed by atoms with Gasteiger partial charge in [0.1, 0.15) is 11.1 Å². The molecule has 0 saturated heterocycles. The number of hydrogen-bond acceptors (Lipinski definition) is 4. The average molecular weight is 532 g/mol. The van der Waals surface area contributed by atoms with Gasteiger partial charge < -0.3 is 5.32 Å². The molecule has 0 bridgehead atoms. The van der Waals surface area contributed by atoms with E-state index in [1.165, 1.54) is 11.8 Å². The molecule has 0 aliphatic heterocycles. The molecule has 4 aromatic carbocycles. The van der Waals surface area contributed by atoms with Crippen LogP contribution in [0, 0.1) is 11.3 Å². The van der Waals surface area contributed by atoms with Crippen LogP contribution in [-0.4, -0.2) is 16.6 Å². The largest absolute Gasteiger partial charge is 0.325 e. The molecule has 5 rings (SSSR count). The van der Waals surface area contributed by atoms with E-state index in [-0.39, 0.29) is 11.7 Å². The molecule has 0 fully saturated rings. The summed E-state index contributed by atoms with van der Waals surface area (Å²) < 4.78 is 0. The van der Waals surface area contributed by atoms with Gasteiger partial charge in [-0.1, -0.05) is 114 Å². The molecule has 5 aromatic rings. The molecular weight excluding hydrogens is 510 g/mol. The van der Waals surface area contributed by atoms with Crippen LogP contribution in [0.1, 0.15) is 5.56 Å². The number of rotatable bonds is 7. The van der Waals surface area contributed by atoms with Gasteiger partial charge in [0, 0.05) is 27.4 Å². The third-order valence-electron chi connectivity index (χ3n) is 5.95. The topological polar surface area (TPSA) is 65.8 Å². The molecule has 0 aliphatic carbocycles. The number of halogens is 1. The zero-order chi connectivity index (χ0) is 26.3. The standard InChI is InChI=1S/C32H22ClN3OS/c33-25-17-15-23(16-18-25)27-19-30(24-11-5-2-6-12-24)36-32(28(27)20-34)38-21-31(37)35-29-14-8-7-13-26(29)22-9-3-1-4-10-22/h1-19H,21H2,(H,35,37). The van der Waals surface area contributed by atoms with Gasteiger partial charge in [-0.25, -0.2) is 4.98 Å². The van der Waals surface area contributed by atoms with Crippen molar-refractivity contribution in [1.82, 2.24) is 4.98 Å². The highest BCUT2D eigenvalue weighted by Crippen LogP contribution is 2.35. The highest BCUT2D eigenvalue weighted by Gasteiger charge is 2.17. The van der Waals surface area contributed by atoms with E-state index in [9.17, 15) is 10.1 Å². The molecule has 1 heterocycles. The summed E-state index contributed by atoms with van der Waals surface area (Å²) in [6.45, 7) is 0. The SMILES string of the molecule is N#Cc1c(-c2ccc(Cl)cc2)cc(-c2ccccc2)nc1SCC(=O)Nc1ccccc1-c1ccccc1. The summed E-state index contributed by atoms with van der Waals surface area (Å²) in [7, 11) is 0. The van der Waals surface area contributed by atoms with Gasteiger partial charge >= 0.3 is 0 Å². The van der Waals surface area contributed by atoms with E-state index in [4.69, 9.17) is 16.6 Å². The summed E-state index contributed by atoms with van der Waals surface area (Å²) in [4.78, 5) is 17.9. The molecule has 184 valence electrons. The number of pyridine rings is 1. The molecule has 0 spiro atoms. The Kier molecular flexibility index (Phi) is 7.84. The molecular formula is C32H22ClN3OS. The predicted octanol–water partition coefficient (Wildman–Crippen LogP) is 8.34. The average Bonchev–Trinajstić information content (AvgIpc) is 2.97. The summed E-state index contributed by atoms with van der Waals surface area (Å²) in [6.07, 6.45) is 0.